The van der Waals surface area contributed by atoms with Crippen molar-refractivity contribution < 1.29 is 9.59 Å². The van der Waals surface area contributed by atoms with Gasteiger partial charge in [-0.25, -0.2) is 9.78 Å². The molecule has 7 nitrogen and oxygen atoms in total. The highest BCUT2D eigenvalue weighted by Gasteiger charge is 2.09. The molecule has 0 aliphatic heterocycles. The van der Waals surface area contributed by atoms with Crippen molar-refractivity contribution in [3.63, 3.8) is 0 Å². The van der Waals surface area contributed by atoms with E-state index in [1.807, 2.05) is 6.92 Å². The van der Waals surface area contributed by atoms with E-state index in [9.17, 15) is 14.4 Å². The third-order valence-corrected chi connectivity index (χ3v) is 3.75. The summed E-state index contributed by atoms with van der Waals surface area (Å²) in [7, 11) is 0. The molecule has 1 aromatic heterocycles. The van der Waals surface area contributed by atoms with E-state index in [-0.39, 0.29) is 11.3 Å². The summed E-state index contributed by atoms with van der Waals surface area (Å²) in [6.07, 6.45) is 2.45. The first kappa shape index (κ1) is 19.2. The van der Waals surface area contributed by atoms with Crippen LogP contribution in [0.15, 0.2) is 16.0 Å². The van der Waals surface area contributed by atoms with Crippen LogP contribution in [0.5, 0.6) is 0 Å². The van der Waals surface area contributed by atoms with E-state index in [1.54, 1.807) is 0 Å². The van der Waals surface area contributed by atoms with Crippen molar-refractivity contribution in [3.8, 4) is 0 Å². The Bertz CT molecular complexity index is 586. The van der Waals surface area contributed by atoms with Gasteiger partial charge in [-0.15, -0.1) is 0 Å². The number of rotatable bonds is 8. The number of aromatic amines is 1. The number of thioether (sulfide) groups is 1. The zero-order valence-electron chi connectivity index (χ0n) is 13.8. The molecular formula is C15H24N4O3S. The Morgan fingerprint density at radius 2 is 2.13 bits per heavy atom. The van der Waals surface area contributed by atoms with Gasteiger partial charge in [0.2, 0.25) is 5.91 Å². The standard InChI is InChI=1S/C15H24N4O3S/c1-4-5-11-8-12(20)19-15(17-11)23-9-13(21)18-14(22)16-7-6-10(2)3/h8,10H,4-7,9H2,1-3H3,(H,17,19,20)(H2,16,18,21,22). The van der Waals surface area contributed by atoms with E-state index in [0.717, 1.165) is 24.6 Å². The van der Waals surface area contributed by atoms with Gasteiger partial charge in [-0.3, -0.25) is 14.9 Å². The molecule has 0 bridgehead atoms. The number of carbonyl (C=O) groups excluding carboxylic acids is 2. The van der Waals surface area contributed by atoms with Gasteiger partial charge >= 0.3 is 6.03 Å². The lowest BCUT2D eigenvalue weighted by Crippen LogP contribution is -2.40. The Labute approximate surface area is 140 Å². The number of nitrogens with zero attached hydrogens (tertiary/aromatic N) is 1. The number of urea groups is 1. The van der Waals surface area contributed by atoms with E-state index < -0.39 is 11.9 Å². The van der Waals surface area contributed by atoms with E-state index in [1.165, 1.54) is 6.07 Å². The molecule has 0 saturated heterocycles. The first-order valence-corrected chi connectivity index (χ1v) is 8.70. The van der Waals surface area contributed by atoms with Crippen LogP contribution < -0.4 is 16.2 Å². The highest BCUT2D eigenvalue weighted by molar-refractivity contribution is 7.99. The highest BCUT2D eigenvalue weighted by Crippen LogP contribution is 2.11. The van der Waals surface area contributed by atoms with Crippen molar-refractivity contribution in [2.24, 2.45) is 5.92 Å². The zero-order valence-corrected chi connectivity index (χ0v) is 14.6. The Hall–Kier alpha value is -1.83. The molecule has 23 heavy (non-hydrogen) atoms. The lowest BCUT2D eigenvalue weighted by atomic mass is 10.1. The molecule has 0 atom stereocenters. The fourth-order valence-corrected chi connectivity index (χ4v) is 2.45. The summed E-state index contributed by atoms with van der Waals surface area (Å²) in [5.74, 6) is 0.0660. The monoisotopic (exact) mass is 340 g/mol. The maximum atomic E-state index is 11.7. The van der Waals surface area contributed by atoms with Gasteiger partial charge in [0.05, 0.1) is 5.75 Å². The molecule has 0 aliphatic rings. The molecule has 8 heteroatoms. The molecule has 0 aromatic carbocycles. The van der Waals surface area contributed by atoms with Crippen LogP contribution >= 0.6 is 11.8 Å². The predicted molar refractivity (Wildman–Crippen MR) is 90.6 cm³/mol. The Morgan fingerprint density at radius 3 is 2.78 bits per heavy atom. The number of amides is 3. The van der Waals surface area contributed by atoms with Gasteiger partial charge in [0.1, 0.15) is 0 Å². The zero-order chi connectivity index (χ0) is 17.2. The largest absolute Gasteiger partial charge is 0.338 e. The van der Waals surface area contributed by atoms with Crippen molar-refractivity contribution in [2.75, 3.05) is 12.3 Å². The Morgan fingerprint density at radius 1 is 1.39 bits per heavy atom. The second-order valence-corrected chi connectivity index (χ2v) is 6.53. The van der Waals surface area contributed by atoms with Gasteiger partial charge in [0.25, 0.3) is 5.56 Å². The molecule has 3 amide bonds. The van der Waals surface area contributed by atoms with E-state index in [4.69, 9.17) is 0 Å². The lowest BCUT2D eigenvalue weighted by Gasteiger charge is -2.08. The molecule has 3 N–H and O–H groups in total. The van der Waals surface area contributed by atoms with Gasteiger partial charge in [-0.05, 0) is 18.8 Å². The quantitative estimate of drug-likeness (QED) is 0.493. The molecular weight excluding hydrogens is 316 g/mol. The van der Waals surface area contributed by atoms with Gasteiger partial charge < -0.3 is 10.3 Å². The summed E-state index contributed by atoms with van der Waals surface area (Å²) in [6, 6.07) is 0.952. The van der Waals surface area contributed by atoms with Crippen LogP contribution in [0.3, 0.4) is 0 Å². The predicted octanol–water partition coefficient (Wildman–Crippen LogP) is 1.69. The van der Waals surface area contributed by atoms with Crippen molar-refractivity contribution in [3.05, 3.63) is 22.1 Å². The van der Waals surface area contributed by atoms with Gasteiger partial charge in [0.15, 0.2) is 5.16 Å². The SMILES string of the molecule is CCCc1cc(=O)[nH]c(SCC(=O)NC(=O)NCCC(C)C)n1. The molecule has 0 fully saturated rings. The van der Waals surface area contributed by atoms with Crippen LogP contribution in [0.25, 0.3) is 0 Å². The highest BCUT2D eigenvalue weighted by atomic mass is 32.2. The molecule has 0 unspecified atom stereocenters. The van der Waals surface area contributed by atoms with Crippen LogP contribution in [-0.4, -0.2) is 34.2 Å². The molecule has 1 heterocycles. The van der Waals surface area contributed by atoms with Gasteiger partial charge in [0, 0.05) is 18.3 Å². The third-order valence-electron chi connectivity index (χ3n) is 2.88. The number of imide groups is 1. The number of carbonyl (C=O) groups is 2. The first-order valence-electron chi connectivity index (χ1n) is 7.71. The van der Waals surface area contributed by atoms with Crippen LogP contribution in [0, 0.1) is 5.92 Å². The van der Waals surface area contributed by atoms with Crippen molar-refractivity contribution >= 4 is 23.7 Å². The van der Waals surface area contributed by atoms with E-state index in [0.29, 0.717) is 29.7 Å². The molecule has 0 aliphatic carbocycles. The summed E-state index contributed by atoms with van der Waals surface area (Å²) >= 11 is 1.09. The fourth-order valence-electron chi connectivity index (χ4n) is 1.75. The van der Waals surface area contributed by atoms with Crippen molar-refractivity contribution in [1.29, 1.82) is 0 Å². The fraction of sp³-hybridized carbons (Fsp3) is 0.600. The average Bonchev–Trinajstić information content (AvgIpc) is 2.44. The van der Waals surface area contributed by atoms with Gasteiger partial charge in [-0.2, -0.15) is 0 Å². The molecule has 0 radical (unpaired) electrons. The molecule has 0 spiro atoms. The molecule has 1 aromatic rings. The van der Waals surface area contributed by atoms with Crippen LogP contribution in [0.2, 0.25) is 0 Å². The number of aromatic nitrogens is 2. The number of nitrogens with one attached hydrogen (secondary N) is 3. The summed E-state index contributed by atoms with van der Waals surface area (Å²) < 4.78 is 0. The van der Waals surface area contributed by atoms with Crippen molar-refractivity contribution in [2.45, 2.75) is 45.2 Å². The van der Waals surface area contributed by atoms with E-state index >= 15 is 0 Å². The minimum Gasteiger partial charge on any atom is -0.338 e. The van der Waals surface area contributed by atoms with E-state index in [2.05, 4.69) is 34.4 Å². The maximum absolute atomic E-state index is 11.7. The summed E-state index contributed by atoms with van der Waals surface area (Å²) in [5, 5.41) is 5.26. The smallest absolute Gasteiger partial charge is 0.321 e. The minimum atomic E-state index is -0.502. The van der Waals surface area contributed by atoms with Crippen LogP contribution in [0.4, 0.5) is 4.79 Å². The summed E-state index contributed by atoms with van der Waals surface area (Å²) in [4.78, 5) is 41.6. The second-order valence-electron chi connectivity index (χ2n) is 5.57. The third kappa shape index (κ3) is 8.39. The summed E-state index contributed by atoms with van der Waals surface area (Å²) in [5.41, 5.74) is 0.461. The average molecular weight is 340 g/mol. The number of hydrogen-bond acceptors (Lipinski definition) is 5. The normalized spacial score (nSPS) is 10.6. The lowest BCUT2D eigenvalue weighted by molar-refractivity contribution is -0.117. The first-order chi connectivity index (χ1) is 10.9. The van der Waals surface area contributed by atoms with Crippen LogP contribution in [-0.2, 0) is 11.2 Å². The number of H-pyrrole nitrogens is 1. The number of aryl methyl sites for hydroxylation is 1. The maximum Gasteiger partial charge on any atom is 0.321 e. The van der Waals surface area contributed by atoms with Crippen LogP contribution in [0.1, 0.15) is 39.3 Å². The summed E-state index contributed by atoms with van der Waals surface area (Å²) in [6.45, 7) is 6.64. The minimum absolute atomic E-state index is 0.0100. The molecule has 128 valence electrons. The van der Waals surface area contributed by atoms with Gasteiger partial charge in [-0.1, -0.05) is 39.0 Å². The Balaban J connectivity index is 2.41. The Kier molecular flexibility index (Phi) is 8.39. The molecule has 0 saturated carbocycles. The molecule has 1 rings (SSSR count). The second kappa shape index (κ2) is 10.0. The number of hydrogen-bond donors (Lipinski definition) is 3. The van der Waals surface area contributed by atoms with Crippen molar-refractivity contribution in [1.82, 2.24) is 20.6 Å². The topological polar surface area (TPSA) is 104 Å².